The molecule has 0 bridgehead atoms. The number of amides is 1. The minimum atomic E-state index is -0.531. The number of rotatable bonds is 4. The number of benzene rings is 2. The third-order valence-corrected chi connectivity index (χ3v) is 3.50. The maximum Gasteiger partial charge on any atom is 0.414 e. The molecule has 0 saturated carbocycles. The molecular formula is C20H19NO3. The van der Waals surface area contributed by atoms with E-state index in [1.54, 1.807) is 20.1 Å². The largest absolute Gasteiger partial charge is 0.447 e. The Morgan fingerprint density at radius 3 is 2.12 bits per heavy atom. The Hall–Kier alpha value is -3.01. The maximum absolute atomic E-state index is 12.0. The van der Waals surface area contributed by atoms with E-state index >= 15 is 0 Å². The van der Waals surface area contributed by atoms with Gasteiger partial charge in [0.25, 0.3) is 0 Å². The van der Waals surface area contributed by atoms with Crippen molar-refractivity contribution in [1.82, 2.24) is 0 Å². The zero-order chi connectivity index (χ0) is 16.9. The van der Waals surface area contributed by atoms with Crippen LogP contribution >= 0.6 is 0 Å². The highest BCUT2D eigenvalue weighted by Gasteiger charge is 2.19. The first-order chi connectivity index (χ1) is 11.6. The van der Waals surface area contributed by atoms with E-state index in [2.05, 4.69) is 5.32 Å². The van der Waals surface area contributed by atoms with Gasteiger partial charge in [-0.15, -0.1) is 0 Å². The van der Waals surface area contributed by atoms with E-state index in [0.717, 1.165) is 22.3 Å². The Kier molecular flexibility index (Phi) is 4.66. The summed E-state index contributed by atoms with van der Waals surface area (Å²) < 4.78 is 10.8. The second kappa shape index (κ2) is 7.04. The standard InChI is InChI=1S/C20H19NO3/c1-14(2)24-20(22)21-19-18(16-11-7-4-8-12-16)17(13-23-19)15-9-5-3-6-10-15/h3-14H,1-2H3,(H,21,22). The van der Waals surface area contributed by atoms with Crippen molar-refractivity contribution in [2.24, 2.45) is 0 Å². The molecule has 0 saturated heterocycles. The van der Waals surface area contributed by atoms with E-state index in [0.29, 0.717) is 5.88 Å². The van der Waals surface area contributed by atoms with Crippen LogP contribution in [0.1, 0.15) is 13.8 Å². The molecular weight excluding hydrogens is 302 g/mol. The highest BCUT2D eigenvalue weighted by Crippen LogP contribution is 2.39. The molecule has 1 amide bonds. The molecule has 0 atom stereocenters. The van der Waals surface area contributed by atoms with Crippen LogP contribution in [0.25, 0.3) is 22.3 Å². The smallest absolute Gasteiger partial charge is 0.414 e. The number of furan rings is 1. The number of hydrogen-bond acceptors (Lipinski definition) is 3. The lowest BCUT2D eigenvalue weighted by atomic mass is 9.98. The Morgan fingerprint density at radius 2 is 1.54 bits per heavy atom. The molecule has 0 aliphatic rings. The lowest BCUT2D eigenvalue weighted by Crippen LogP contribution is -2.18. The fourth-order valence-electron chi connectivity index (χ4n) is 2.51. The van der Waals surface area contributed by atoms with E-state index in [1.165, 1.54) is 0 Å². The Labute approximate surface area is 141 Å². The second-order valence-electron chi connectivity index (χ2n) is 5.66. The summed E-state index contributed by atoms with van der Waals surface area (Å²) in [7, 11) is 0. The SMILES string of the molecule is CC(C)OC(=O)Nc1occ(-c2ccccc2)c1-c1ccccc1. The molecule has 0 fully saturated rings. The topological polar surface area (TPSA) is 51.5 Å². The van der Waals surface area contributed by atoms with Gasteiger partial charge in [0.1, 0.15) is 6.26 Å². The number of anilines is 1. The molecule has 3 rings (SSSR count). The highest BCUT2D eigenvalue weighted by atomic mass is 16.6. The van der Waals surface area contributed by atoms with Crippen LogP contribution < -0.4 is 5.32 Å². The lowest BCUT2D eigenvalue weighted by Gasteiger charge is -2.10. The Balaban J connectivity index is 2.04. The van der Waals surface area contributed by atoms with Crippen molar-refractivity contribution in [1.29, 1.82) is 0 Å². The number of hydrogen-bond donors (Lipinski definition) is 1. The van der Waals surface area contributed by atoms with E-state index in [-0.39, 0.29) is 6.10 Å². The van der Waals surface area contributed by atoms with Crippen molar-refractivity contribution >= 4 is 12.0 Å². The van der Waals surface area contributed by atoms with Gasteiger partial charge in [0, 0.05) is 5.56 Å². The van der Waals surface area contributed by atoms with Crippen LogP contribution in [0.3, 0.4) is 0 Å². The van der Waals surface area contributed by atoms with Crippen molar-refractivity contribution in [3.8, 4) is 22.3 Å². The molecule has 0 aliphatic carbocycles. The van der Waals surface area contributed by atoms with Gasteiger partial charge in [-0.1, -0.05) is 60.7 Å². The quantitative estimate of drug-likeness (QED) is 0.683. The van der Waals surface area contributed by atoms with Crippen molar-refractivity contribution in [3.05, 3.63) is 66.9 Å². The fraction of sp³-hybridized carbons (Fsp3) is 0.150. The average molecular weight is 321 g/mol. The normalized spacial score (nSPS) is 10.6. The Morgan fingerprint density at radius 1 is 0.958 bits per heavy atom. The van der Waals surface area contributed by atoms with Crippen LogP contribution in [-0.2, 0) is 4.74 Å². The zero-order valence-electron chi connectivity index (χ0n) is 13.7. The van der Waals surface area contributed by atoms with Crippen molar-refractivity contribution in [2.75, 3.05) is 5.32 Å². The van der Waals surface area contributed by atoms with Gasteiger partial charge in [-0.05, 0) is 25.0 Å². The summed E-state index contributed by atoms with van der Waals surface area (Å²) in [6.45, 7) is 3.60. The summed E-state index contributed by atoms with van der Waals surface area (Å²) in [5.74, 6) is 0.380. The minimum absolute atomic E-state index is 0.200. The van der Waals surface area contributed by atoms with Gasteiger partial charge in [0.05, 0.1) is 11.7 Å². The van der Waals surface area contributed by atoms with Gasteiger partial charge in [0.2, 0.25) is 5.88 Å². The molecule has 3 aromatic rings. The third kappa shape index (κ3) is 3.49. The van der Waals surface area contributed by atoms with Gasteiger partial charge < -0.3 is 9.15 Å². The highest BCUT2D eigenvalue weighted by molar-refractivity contribution is 5.95. The Bertz CT molecular complexity index is 807. The van der Waals surface area contributed by atoms with Crippen molar-refractivity contribution < 1.29 is 13.9 Å². The molecule has 1 N–H and O–H groups in total. The maximum atomic E-state index is 12.0. The first kappa shape index (κ1) is 15.9. The van der Waals surface area contributed by atoms with Gasteiger partial charge >= 0.3 is 6.09 Å². The second-order valence-corrected chi connectivity index (χ2v) is 5.66. The monoisotopic (exact) mass is 321 g/mol. The summed E-state index contributed by atoms with van der Waals surface area (Å²) in [4.78, 5) is 12.0. The summed E-state index contributed by atoms with van der Waals surface area (Å²) in [6.07, 6.45) is 0.924. The molecule has 122 valence electrons. The average Bonchev–Trinajstić information content (AvgIpc) is 2.99. The van der Waals surface area contributed by atoms with Gasteiger partial charge in [0.15, 0.2) is 0 Å². The van der Waals surface area contributed by atoms with Crippen LogP contribution in [-0.4, -0.2) is 12.2 Å². The van der Waals surface area contributed by atoms with E-state index in [4.69, 9.17) is 9.15 Å². The van der Waals surface area contributed by atoms with E-state index in [1.807, 2.05) is 60.7 Å². The summed E-state index contributed by atoms with van der Waals surface area (Å²) in [5.41, 5.74) is 3.74. The fourth-order valence-corrected chi connectivity index (χ4v) is 2.51. The molecule has 4 heteroatoms. The molecule has 0 unspecified atom stereocenters. The summed E-state index contributed by atoms with van der Waals surface area (Å²) in [6, 6.07) is 19.7. The molecule has 0 aliphatic heterocycles. The van der Waals surface area contributed by atoms with Gasteiger partial charge in [-0.3, -0.25) is 5.32 Å². The van der Waals surface area contributed by atoms with Crippen LogP contribution in [0.15, 0.2) is 71.3 Å². The van der Waals surface area contributed by atoms with Crippen LogP contribution in [0, 0.1) is 0 Å². The van der Waals surface area contributed by atoms with E-state index in [9.17, 15) is 4.79 Å². The van der Waals surface area contributed by atoms with Gasteiger partial charge in [-0.25, -0.2) is 4.79 Å². The summed E-state index contributed by atoms with van der Waals surface area (Å²) >= 11 is 0. The first-order valence-electron chi connectivity index (χ1n) is 7.85. The molecule has 24 heavy (non-hydrogen) atoms. The number of carbonyl (C=O) groups excluding carboxylic acids is 1. The van der Waals surface area contributed by atoms with Crippen molar-refractivity contribution in [3.63, 3.8) is 0 Å². The third-order valence-electron chi connectivity index (χ3n) is 3.50. The molecule has 1 aromatic heterocycles. The minimum Gasteiger partial charge on any atom is -0.447 e. The summed E-state index contributed by atoms with van der Waals surface area (Å²) in [5, 5.41) is 2.70. The van der Waals surface area contributed by atoms with Crippen molar-refractivity contribution in [2.45, 2.75) is 20.0 Å². The van der Waals surface area contributed by atoms with Crippen LogP contribution in [0.4, 0.5) is 10.7 Å². The van der Waals surface area contributed by atoms with E-state index < -0.39 is 6.09 Å². The van der Waals surface area contributed by atoms with Gasteiger partial charge in [-0.2, -0.15) is 0 Å². The number of carbonyl (C=O) groups is 1. The van der Waals surface area contributed by atoms with Crippen LogP contribution in [0.5, 0.6) is 0 Å². The predicted molar refractivity (Wildman–Crippen MR) is 94.8 cm³/mol. The molecule has 1 heterocycles. The predicted octanol–water partition coefficient (Wildman–Crippen LogP) is 5.57. The molecule has 2 aromatic carbocycles. The zero-order valence-corrected chi connectivity index (χ0v) is 13.7. The number of nitrogens with one attached hydrogen (secondary N) is 1. The molecule has 0 spiro atoms. The number of ether oxygens (including phenoxy) is 1. The molecule has 0 radical (unpaired) electrons. The molecule has 4 nitrogen and oxygen atoms in total. The first-order valence-corrected chi connectivity index (χ1v) is 7.85. The van der Waals surface area contributed by atoms with Crippen LogP contribution in [0.2, 0.25) is 0 Å². The lowest BCUT2D eigenvalue weighted by molar-refractivity contribution is 0.129.